The van der Waals surface area contributed by atoms with Gasteiger partial charge in [-0.05, 0) is 6.92 Å². The van der Waals surface area contributed by atoms with Gasteiger partial charge in [0.05, 0.1) is 0 Å². The largest absolute Gasteiger partial charge is 0.502 e. The highest BCUT2D eigenvalue weighted by atomic mass is 32.2. The van der Waals surface area contributed by atoms with Crippen molar-refractivity contribution in [1.82, 2.24) is 5.16 Å². The normalized spacial score (nSPS) is 12.3. The molecule has 4 nitrogen and oxygen atoms in total. The molecule has 0 aliphatic rings. The van der Waals surface area contributed by atoms with Crippen molar-refractivity contribution in [2.75, 3.05) is 0 Å². The molecule has 0 saturated heterocycles. The molecule has 8 heteroatoms. The Morgan fingerprint density at radius 1 is 0.920 bits per heavy atom. The van der Waals surface area contributed by atoms with Crippen LogP contribution in [0.15, 0.2) is 64.0 Å². The van der Waals surface area contributed by atoms with Crippen LogP contribution in [0.5, 0.6) is 0 Å². The predicted octanol–water partition coefficient (Wildman–Crippen LogP) is 4.61. The number of nitrogens with zero attached hydrogens (tertiary/aromatic N) is 1. The molecule has 0 aliphatic heterocycles. The van der Waals surface area contributed by atoms with Gasteiger partial charge in [-0.2, -0.15) is 13.2 Å². The zero-order chi connectivity index (χ0) is 18.2. The van der Waals surface area contributed by atoms with E-state index >= 15 is 0 Å². The molecule has 2 aromatic carbocycles. The van der Waals surface area contributed by atoms with Crippen LogP contribution in [0.1, 0.15) is 5.56 Å². The van der Waals surface area contributed by atoms with E-state index in [1.165, 1.54) is 24.3 Å². The molecule has 0 aliphatic carbocycles. The average Bonchev–Trinajstić information content (AvgIpc) is 3.01. The quantitative estimate of drug-likeness (QED) is 0.678. The van der Waals surface area contributed by atoms with E-state index in [-0.39, 0.29) is 16.8 Å². The van der Waals surface area contributed by atoms with Crippen molar-refractivity contribution in [1.29, 1.82) is 0 Å². The van der Waals surface area contributed by atoms with Gasteiger partial charge >= 0.3 is 5.51 Å². The summed E-state index contributed by atoms with van der Waals surface area (Å²) in [7, 11) is -5.66. The van der Waals surface area contributed by atoms with Crippen LogP contribution in [0.2, 0.25) is 0 Å². The number of sulfone groups is 1. The molecule has 3 aromatic rings. The number of benzene rings is 2. The maximum absolute atomic E-state index is 13.2. The van der Waals surface area contributed by atoms with Crippen LogP contribution in [0.25, 0.3) is 22.6 Å². The number of hydrogen-bond acceptors (Lipinski definition) is 4. The number of alkyl halides is 3. The lowest BCUT2D eigenvalue weighted by atomic mass is 10.1. The fourth-order valence-corrected chi connectivity index (χ4v) is 3.36. The molecule has 25 heavy (non-hydrogen) atoms. The van der Waals surface area contributed by atoms with Gasteiger partial charge in [-0.3, -0.25) is 0 Å². The molecule has 1 aromatic heterocycles. The first kappa shape index (κ1) is 17.2. The van der Waals surface area contributed by atoms with Crippen LogP contribution in [0, 0.1) is 6.92 Å². The van der Waals surface area contributed by atoms with Crippen LogP contribution in [0.3, 0.4) is 0 Å². The second-order valence-electron chi connectivity index (χ2n) is 5.37. The molecule has 0 fully saturated rings. The minimum atomic E-state index is -5.66. The zero-order valence-corrected chi connectivity index (χ0v) is 13.7. The molecule has 3 rings (SSSR count). The van der Waals surface area contributed by atoms with Crippen LogP contribution in [-0.2, 0) is 9.84 Å². The topological polar surface area (TPSA) is 60.2 Å². The number of aryl methyl sites for hydroxylation is 1. The van der Waals surface area contributed by atoms with E-state index in [1.807, 2.05) is 0 Å². The van der Waals surface area contributed by atoms with Crippen molar-refractivity contribution in [3.8, 4) is 22.6 Å². The number of hydrogen-bond donors (Lipinski definition) is 0. The third kappa shape index (κ3) is 3.05. The molecule has 0 unspecified atom stereocenters. The van der Waals surface area contributed by atoms with Gasteiger partial charge in [0.2, 0.25) is 0 Å². The van der Waals surface area contributed by atoms with Gasteiger partial charge in [-0.1, -0.05) is 65.3 Å². The first-order chi connectivity index (χ1) is 11.7. The van der Waals surface area contributed by atoms with Crippen molar-refractivity contribution in [2.24, 2.45) is 0 Å². The Kier molecular flexibility index (Phi) is 4.16. The Morgan fingerprint density at radius 3 is 2.08 bits per heavy atom. The minimum Gasteiger partial charge on any atom is -0.354 e. The van der Waals surface area contributed by atoms with Gasteiger partial charge in [0.25, 0.3) is 9.84 Å². The summed E-state index contributed by atoms with van der Waals surface area (Å²) in [4.78, 5) is -0.977. The summed E-state index contributed by atoms with van der Waals surface area (Å²) in [6.07, 6.45) is 0. The minimum absolute atomic E-state index is 0.197. The fraction of sp³-hybridized carbons (Fsp3) is 0.118. The molecule has 0 spiro atoms. The van der Waals surface area contributed by atoms with E-state index in [2.05, 4.69) is 5.16 Å². The smallest absolute Gasteiger partial charge is 0.354 e. The second-order valence-corrected chi connectivity index (χ2v) is 7.25. The summed E-state index contributed by atoms with van der Waals surface area (Å²) in [5.41, 5.74) is -4.56. The molecular formula is C17H12F3NO3S. The van der Waals surface area contributed by atoms with Crippen LogP contribution < -0.4 is 0 Å². The summed E-state index contributed by atoms with van der Waals surface area (Å²) in [5, 5.41) is 3.61. The Balaban J connectivity index is 2.31. The first-order valence-corrected chi connectivity index (χ1v) is 8.63. The standard InChI is InChI=1S/C17H12F3NO3S/c1-11-7-9-13(10-8-11)15-16(25(22,23)17(18,19)20)14(21-24-15)12-5-3-2-4-6-12/h2-10H,1H3. The molecule has 0 amide bonds. The number of aromatic nitrogens is 1. The lowest BCUT2D eigenvalue weighted by molar-refractivity contribution is -0.0435. The van der Waals surface area contributed by atoms with E-state index in [9.17, 15) is 21.6 Å². The Hall–Kier alpha value is -2.61. The maximum atomic E-state index is 13.2. The Bertz CT molecular complexity index is 992. The monoisotopic (exact) mass is 367 g/mol. The third-order valence-electron chi connectivity index (χ3n) is 3.58. The molecule has 130 valence electrons. The van der Waals surface area contributed by atoms with E-state index in [0.29, 0.717) is 0 Å². The SMILES string of the molecule is Cc1ccc(-c2onc(-c3ccccc3)c2S(=O)(=O)C(F)(F)F)cc1. The average molecular weight is 367 g/mol. The highest BCUT2D eigenvalue weighted by molar-refractivity contribution is 7.92. The predicted molar refractivity (Wildman–Crippen MR) is 85.4 cm³/mol. The van der Waals surface area contributed by atoms with Gasteiger partial charge in [0.1, 0.15) is 5.69 Å². The van der Waals surface area contributed by atoms with Gasteiger partial charge in [0, 0.05) is 11.1 Å². The molecule has 0 saturated carbocycles. The van der Waals surface area contributed by atoms with E-state index in [1.54, 1.807) is 37.3 Å². The number of rotatable bonds is 3. The van der Waals surface area contributed by atoms with Crippen LogP contribution in [0.4, 0.5) is 13.2 Å². The Morgan fingerprint density at radius 2 is 1.52 bits per heavy atom. The summed E-state index contributed by atoms with van der Waals surface area (Å²) in [6.45, 7) is 1.80. The summed E-state index contributed by atoms with van der Waals surface area (Å²) < 4.78 is 68.9. The first-order valence-electron chi connectivity index (χ1n) is 7.15. The molecule has 0 radical (unpaired) electrons. The lowest BCUT2D eigenvalue weighted by Crippen LogP contribution is -2.24. The van der Waals surface area contributed by atoms with Gasteiger partial charge in [0.15, 0.2) is 10.7 Å². The van der Waals surface area contributed by atoms with Gasteiger partial charge < -0.3 is 4.52 Å². The highest BCUT2D eigenvalue weighted by Crippen LogP contribution is 2.41. The van der Waals surface area contributed by atoms with Gasteiger partial charge in [-0.25, -0.2) is 8.42 Å². The third-order valence-corrected chi connectivity index (χ3v) is 5.11. The molecule has 1 heterocycles. The van der Waals surface area contributed by atoms with Crippen molar-refractivity contribution in [3.05, 3.63) is 60.2 Å². The summed E-state index contributed by atoms with van der Waals surface area (Å²) in [6, 6.07) is 14.0. The van der Waals surface area contributed by atoms with Crippen LogP contribution >= 0.6 is 0 Å². The van der Waals surface area contributed by atoms with Crippen molar-refractivity contribution < 1.29 is 26.1 Å². The number of halogens is 3. The summed E-state index contributed by atoms with van der Waals surface area (Å²) in [5.74, 6) is -0.434. The molecular weight excluding hydrogens is 355 g/mol. The van der Waals surface area contributed by atoms with E-state index < -0.39 is 26.0 Å². The van der Waals surface area contributed by atoms with Crippen LogP contribution in [-0.4, -0.2) is 19.1 Å². The molecule has 0 N–H and O–H groups in total. The second kappa shape index (κ2) is 6.03. The highest BCUT2D eigenvalue weighted by Gasteiger charge is 2.51. The lowest BCUT2D eigenvalue weighted by Gasteiger charge is -2.09. The summed E-state index contributed by atoms with van der Waals surface area (Å²) >= 11 is 0. The van der Waals surface area contributed by atoms with Crippen molar-refractivity contribution >= 4 is 9.84 Å². The molecule has 0 bridgehead atoms. The van der Waals surface area contributed by atoms with Crippen molar-refractivity contribution in [3.63, 3.8) is 0 Å². The van der Waals surface area contributed by atoms with E-state index in [0.717, 1.165) is 5.56 Å². The fourth-order valence-electron chi connectivity index (χ4n) is 2.32. The van der Waals surface area contributed by atoms with Crippen molar-refractivity contribution in [2.45, 2.75) is 17.3 Å². The van der Waals surface area contributed by atoms with Gasteiger partial charge in [-0.15, -0.1) is 0 Å². The zero-order valence-electron chi connectivity index (χ0n) is 12.9. The molecule has 0 atom stereocenters. The Labute approximate surface area is 141 Å². The van der Waals surface area contributed by atoms with E-state index in [4.69, 9.17) is 4.52 Å². The maximum Gasteiger partial charge on any atom is 0.502 e.